The number of rotatable bonds is 6. The Kier molecular flexibility index (Phi) is 6.09. The monoisotopic (exact) mass is 367 g/mol. The van der Waals surface area contributed by atoms with E-state index in [2.05, 4.69) is 46.4 Å². The van der Waals surface area contributed by atoms with Gasteiger partial charge in [-0.05, 0) is 64.8 Å². The molecule has 0 aliphatic rings. The van der Waals surface area contributed by atoms with Crippen molar-refractivity contribution in [2.45, 2.75) is 19.4 Å². The van der Waals surface area contributed by atoms with Gasteiger partial charge in [0, 0.05) is 5.02 Å². The van der Waals surface area contributed by atoms with Crippen LogP contribution in [0, 0.1) is 0 Å². The molecule has 112 valence electrons. The highest BCUT2D eigenvalue weighted by Gasteiger charge is 2.14. The molecule has 0 aromatic heterocycles. The summed E-state index contributed by atoms with van der Waals surface area (Å²) >= 11 is 9.67. The molecule has 0 fully saturated rings. The van der Waals surface area contributed by atoms with Crippen molar-refractivity contribution in [3.05, 3.63) is 63.1 Å². The maximum absolute atomic E-state index is 6.09. The third-order valence-corrected chi connectivity index (χ3v) is 4.08. The Labute approximate surface area is 139 Å². The van der Waals surface area contributed by atoms with Gasteiger partial charge in [-0.2, -0.15) is 0 Å². The zero-order chi connectivity index (χ0) is 15.2. The summed E-state index contributed by atoms with van der Waals surface area (Å²) in [6.07, 6.45) is 0.996. The van der Waals surface area contributed by atoms with Crippen LogP contribution >= 0.6 is 27.5 Å². The number of nitrogens with one attached hydrogen (secondary N) is 1. The minimum Gasteiger partial charge on any atom is -0.492 e. The maximum atomic E-state index is 6.09. The van der Waals surface area contributed by atoms with Gasteiger partial charge in [0.15, 0.2) is 0 Å². The standard InChI is InChI=1S/C17H19BrClNO/c1-3-9-21-16-8-7-13(11-15(16)18)17(20-2)12-5-4-6-14(19)10-12/h4-8,10-11,17,20H,3,9H2,1-2H3. The van der Waals surface area contributed by atoms with Crippen LogP contribution in [0.4, 0.5) is 0 Å². The number of hydrogen-bond donors (Lipinski definition) is 1. The van der Waals surface area contributed by atoms with Gasteiger partial charge in [-0.3, -0.25) is 0 Å². The minimum atomic E-state index is 0.0974. The lowest BCUT2D eigenvalue weighted by Gasteiger charge is -2.19. The zero-order valence-corrected chi connectivity index (χ0v) is 14.5. The second-order valence-electron chi connectivity index (χ2n) is 4.82. The van der Waals surface area contributed by atoms with Gasteiger partial charge >= 0.3 is 0 Å². The second-order valence-corrected chi connectivity index (χ2v) is 6.11. The van der Waals surface area contributed by atoms with E-state index in [1.54, 1.807) is 0 Å². The first-order valence-electron chi connectivity index (χ1n) is 7.00. The summed E-state index contributed by atoms with van der Waals surface area (Å²) in [4.78, 5) is 0. The van der Waals surface area contributed by atoms with E-state index in [1.165, 1.54) is 0 Å². The average Bonchev–Trinajstić information content (AvgIpc) is 2.47. The molecular weight excluding hydrogens is 350 g/mol. The van der Waals surface area contributed by atoms with E-state index in [0.29, 0.717) is 0 Å². The molecule has 0 bridgehead atoms. The maximum Gasteiger partial charge on any atom is 0.133 e. The van der Waals surface area contributed by atoms with Gasteiger partial charge in [-0.1, -0.05) is 36.7 Å². The lowest BCUT2D eigenvalue weighted by atomic mass is 9.99. The molecule has 0 heterocycles. The van der Waals surface area contributed by atoms with Gasteiger partial charge in [-0.25, -0.2) is 0 Å². The van der Waals surface area contributed by atoms with E-state index in [-0.39, 0.29) is 6.04 Å². The van der Waals surface area contributed by atoms with Gasteiger partial charge in [0.1, 0.15) is 5.75 Å². The van der Waals surface area contributed by atoms with E-state index in [9.17, 15) is 0 Å². The van der Waals surface area contributed by atoms with Crippen LogP contribution in [-0.2, 0) is 0 Å². The van der Waals surface area contributed by atoms with E-state index in [0.717, 1.165) is 39.4 Å². The van der Waals surface area contributed by atoms with Crippen LogP contribution in [0.2, 0.25) is 5.02 Å². The summed E-state index contributed by atoms with van der Waals surface area (Å²) in [6.45, 7) is 2.82. The Balaban J connectivity index is 2.28. The summed E-state index contributed by atoms with van der Waals surface area (Å²) in [7, 11) is 1.95. The van der Waals surface area contributed by atoms with Gasteiger partial charge < -0.3 is 10.1 Å². The molecule has 0 aliphatic carbocycles. The molecule has 0 aliphatic heterocycles. The van der Waals surface area contributed by atoms with Crippen molar-refractivity contribution in [3.63, 3.8) is 0 Å². The average molecular weight is 369 g/mol. The van der Waals surface area contributed by atoms with Crippen molar-refractivity contribution in [2.24, 2.45) is 0 Å². The van der Waals surface area contributed by atoms with E-state index >= 15 is 0 Å². The van der Waals surface area contributed by atoms with Crippen LogP contribution < -0.4 is 10.1 Å². The number of hydrogen-bond acceptors (Lipinski definition) is 2. The smallest absolute Gasteiger partial charge is 0.133 e. The molecule has 1 unspecified atom stereocenters. The summed E-state index contributed by atoms with van der Waals surface area (Å²) < 4.78 is 6.66. The van der Waals surface area contributed by atoms with Crippen molar-refractivity contribution < 1.29 is 4.74 Å². The molecule has 1 N–H and O–H groups in total. The molecule has 0 amide bonds. The zero-order valence-electron chi connectivity index (χ0n) is 12.2. The molecule has 1 atom stereocenters. The van der Waals surface area contributed by atoms with Crippen molar-refractivity contribution in [1.29, 1.82) is 0 Å². The fourth-order valence-electron chi connectivity index (χ4n) is 2.24. The molecule has 4 heteroatoms. The first-order valence-corrected chi connectivity index (χ1v) is 8.17. The van der Waals surface area contributed by atoms with Gasteiger partial charge in [0.05, 0.1) is 17.1 Å². The molecule has 2 rings (SSSR count). The minimum absolute atomic E-state index is 0.0974. The topological polar surface area (TPSA) is 21.3 Å². The van der Waals surface area contributed by atoms with Crippen LogP contribution in [0.25, 0.3) is 0 Å². The summed E-state index contributed by atoms with van der Waals surface area (Å²) in [5.74, 6) is 0.876. The van der Waals surface area contributed by atoms with Gasteiger partial charge in [0.25, 0.3) is 0 Å². The number of ether oxygens (including phenoxy) is 1. The molecule has 0 spiro atoms. The molecule has 21 heavy (non-hydrogen) atoms. The fourth-order valence-corrected chi connectivity index (χ4v) is 2.95. The molecular formula is C17H19BrClNO. The third-order valence-electron chi connectivity index (χ3n) is 3.22. The molecule has 0 radical (unpaired) electrons. The predicted molar refractivity (Wildman–Crippen MR) is 92.3 cm³/mol. The van der Waals surface area contributed by atoms with Crippen LogP contribution in [0.1, 0.15) is 30.5 Å². The lowest BCUT2D eigenvalue weighted by molar-refractivity contribution is 0.315. The highest BCUT2D eigenvalue weighted by Crippen LogP contribution is 2.31. The van der Waals surface area contributed by atoms with E-state index < -0.39 is 0 Å². The Morgan fingerprint density at radius 3 is 2.57 bits per heavy atom. The van der Waals surface area contributed by atoms with Crippen LogP contribution in [0.15, 0.2) is 46.9 Å². The summed E-state index contributed by atoms with van der Waals surface area (Å²) in [5.41, 5.74) is 2.30. The third kappa shape index (κ3) is 4.22. The Morgan fingerprint density at radius 2 is 1.95 bits per heavy atom. The molecule has 2 nitrogen and oxygen atoms in total. The predicted octanol–water partition coefficient (Wildman–Crippen LogP) is 5.20. The fraction of sp³-hybridized carbons (Fsp3) is 0.294. The largest absolute Gasteiger partial charge is 0.492 e. The van der Waals surface area contributed by atoms with Gasteiger partial charge in [-0.15, -0.1) is 0 Å². The second kappa shape index (κ2) is 7.83. The van der Waals surface area contributed by atoms with Crippen LogP contribution in [0.3, 0.4) is 0 Å². The first kappa shape index (κ1) is 16.3. The molecule has 0 saturated heterocycles. The number of benzene rings is 2. The van der Waals surface area contributed by atoms with E-state index in [1.807, 2.05) is 31.3 Å². The van der Waals surface area contributed by atoms with Crippen molar-refractivity contribution in [1.82, 2.24) is 5.32 Å². The van der Waals surface area contributed by atoms with Crippen molar-refractivity contribution in [2.75, 3.05) is 13.7 Å². The van der Waals surface area contributed by atoms with Crippen LogP contribution in [-0.4, -0.2) is 13.7 Å². The lowest BCUT2D eigenvalue weighted by Crippen LogP contribution is -2.17. The van der Waals surface area contributed by atoms with Gasteiger partial charge in [0.2, 0.25) is 0 Å². The van der Waals surface area contributed by atoms with Crippen molar-refractivity contribution in [3.8, 4) is 5.75 Å². The van der Waals surface area contributed by atoms with Crippen LogP contribution in [0.5, 0.6) is 5.75 Å². The first-order chi connectivity index (χ1) is 10.2. The normalized spacial score (nSPS) is 12.2. The van der Waals surface area contributed by atoms with Crippen molar-refractivity contribution >= 4 is 27.5 Å². The Bertz CT molecular complexity index is 603. The van der Waals surface area contributed by atoms with E-state index in [4.69, 9.17) is 16.3 Å². The molecule has 2 aromatic carbocycles. The number of halogens is 2. The Hall–Kier alpha value is -1.03. The molecule has 0 saturated carbocycles. The summed E-state index contributed by atoms with van der Waals surface area (Å²) in [6, 6.07) is 14.2. The molecule has 2 aromatic rings. The SMILES string of the molecule is CCCOc1ccc(C(NC)c2cccc(Cl)c2)cc1Br. The highest BCUT2D eigenvalue weighted by molar-refractivity contribution is 9.10. The Morgan fingerprint density at radius 1 is 1.19 bits per heavy atom. The highest BCUT2D eigenvalue weighted by atomic mass is 79.9. The summed E-state index contributed by atoms with van der Waals surface area (Å²) in [5, 5.41) is 4.08. The quantitative estimate of drug-likeness (QED) is 0.756.